The Labute approximate surface area is 112 Å². The number of ether oxygens (including phenoxy) is 2. The number of methoxy groups -OCH3 is 2. The van der Waals surface area contributed by atoms with E-state index in [9.17, 15) is 9.90 Å². The monoisotopic (exact) mass is 265 g/mol. The Hall–Kier alpha value is -1.17. The van der Waals surface area contributed by atoms with Crippen molar-refractivity contribution in [1.29, 1.82) is 0 Å². The number of rotatable bonds is 2. The number of nitrogens with one attached hydrogen (secondary N) is 1. The van der Waals surface area contributed by atoms with E-state index in [2.05, 4.69) is 5.32 Å². The Balaban J connectivity index is 2.07. The number of ketones is 1. The highest BCUT2D eigenvalue weighted by Gasteiger charge is 2.53. The Morgan fingerprint density at radius 3 is 2.74 bits per heavy atom. The molecule has 104 valence electrons. The number of allylic oxidation sites excluding steroid dienone is 1. The number of hydrogen-bond acceptors (Lipinski definition) is 5. The van der Waals surface area contributed by atoms with Gasteiger partial charge in [0.05, 0.1) is 6.04 Å². The van der Waals surface area contributed by atoms with Crippen molar-refractivity contribution < 1.29 is 19.4 Å². The predicted octanol–water partition coefficient (Wildman–Crippen LogP) is 0.645. The van der Waals surface area contributed by atoms with Crippen molar-refractivity contribution >= 4 is 5.78 Å². The van der Waals surface area contributed by atoms with Gasteiger partial charge in [0.2, 0.25) is 5.79 Å². The molecule has 0 spiro atoms. The van der Waals surface area contributed by atoms with E-state index in [-0.39, 0.29) is 11.8 Å². The molecule has 0 amide bonds. The van der Waals surface area contributed by atoms with Gasteiger partial charge in [0.1, 0.15) is 5.60 Å². The van der Waals surface area contributed by atoms with Crippen LogP contribution in [0.3, 0.4) is 0 Å². The average molecular weight is 265 g/mol. The number of hydrogen-bond donors (Lipinski definition) is 2. The van der Waals surface area contributed by atoms with Gasteiger partial charge < -0.3 is 19.9 Å². The van der Waals surface area contributed by atoms with Crippen LogP contribution in [-0.4, -0.2) is 42.5 Å². The maximum Gasteiger partial charge on any atom is 0.208 e. The molecule has 0 saturated heterocycles. The molecule has 1 heterocycles. The van der Waals surface area contributed by atoms with Crippen molar-refractivity contribution in [1.82, 2.24) is 5.32 Å². The number of fused-ring (bicyclic) bond motifs is 3. The zero-order chi connectivity index (χ0) is 13.7. The van der Waals surface area contributed by atoms with Crippen molar-refractivity contribution in [2.45, 2.75) is 43.1 Å². The molecule has 2 bridgehead atoms. The van der Waals surface area contributed by atoms with Crippen LogP contribution in [0.1, 0.15) is 25.7 Å². The first-order chi connectivity index (χ1) is 9.04. The normalized spacial score (nSPS) is 35.9. The van der Waals surface area contributed by atoms with Gasteiger partial charge in [0.15, 0.2) is 5.78 Å². The van der Waals surface area contributed by atoms with Crippen LogP contribution in [0.2, 0.25) is 0 Å². The van der Waals surface area contributed by atoms with Gasteiger partial charge in [-0.3, -0.25) is 4.79 Å². The van der Waals surface area contributed by atoms with Crippen LogP contribution in [0.25, 0.3) is 0 Å². The van der Waals surface area contributed by atoms with Crippen molar-refractivity contribution in [3.63, 3.8) is 0 Å². The number of carbonyl (C=O) groups excluding carboxylic acids is 1. The summed E-state index contributed by atoms with van der Waals surface area (Å²) in [5.74, 6) is -0.840. The van der Waals surface area contributed by atoms with Crippen LogP contribution in [0.5, 0.6) is 0 Å². The molecule has 19 heavy (non-hydrogen) atoms. The van der Waals surface area contributed by atoms with E-state index in [0.29, 0.717) is 18.4 Å². The third kappa shape index (κ3) is 1.69. The fourth-order valence-corrected chi connectivity index (χ4v) is 3.43. The van der Waals surface area contributed by atoms with Crippen LogP contribution in [0, 0.1) is 0 Å². The first-order valence-electron chi connectivity index (χ1n) is 6.61. The van der Waals surface area contributed by atoms with E-state index in [4.69, 9.17) is 9.47 Å². The second-order valence-electron chi connectivity index (χ2n) is 5.42. The summed E-state index contributed by atoms with van der Waals surface area (Å²) in [5.41, 5.74) is 0.202. The van der Waals surface area contributed by atoms with E-state index in [1.807, 2.05) is 0 Å². The summed E-state index contributed by atoms with van der Waals surface area (Å²) in [7, 11) is 3.16. The summed E-state index contributed by atoms with van der Waals surface area (Å²) in [6, 6.07) is -0.192. The fourth-order valence-electron chi connectivity index (χ4n) is 3.43. The summed E-state index contributed by atoms with van der Waals surface area (Å²) < 4.78 is 11.0. The van der Waals surface area contributed by atoms with Gasteiger partial charge in [-0.05, 0) is 25.0 Å². The minimum atomic E-state index is -1.18. The third-order valence-electron chi connectivity index (χ3n) is 4.42. The minimum absolute atomic E-state index is 0.0432. The molecule has 5 heteroatoms. The van der Waals surface area contributed by atoms with Crippen molar-refractivity contribution in [2.75, 3.05) is 14.2 Å². The quantitative estimate of drug-likeness (QED) is 0.566. The van der Waals surface area contributed by atoms with Gasteiger partial charge in [-0.15, -0.1) is 0 Å². The van der Waals surface area contributed by atoms with Crippen LogP contribution in [0.15, 0.2) is 23.4 Å². The van der Waals surface area contributed by atoms with Crippen LogP contribution >= 0.6 is 0 Å². The van der Waals surface area contributed by atoms with E-state index < -0.39 is 11.4 Å². The van der Waals surface area contributed by atoms with Gasteiger partial charge >= 0.3 is 0 Å². The zero-order valence-electron chi connectivity index (χ0n) is 11.2. The van der Waals surface area contributed by atoms with Crippen molar-refractivity contribution in [3.8, 4) is 0 Å². The first kappa shape index (κ1) is 12.8. The highest BCUT2D eigenvalue weighted by atomic mass is 16.7. The molecule has 0 radical (unpaired) electrons. The molecule has 0 aromatic carbocycles. The Morgan fingerprint density at radius 2 is 2.05 bits per heavy atom. The van der Waals surface area contributed by atoms with Gasteiger partial charge in [0, 0.05) is 38.3 Å². The molecule has 5 nitrogen and oxygen atoms in total. The van der Waals surface area contributed by atoms with E-state index in [0.717, 1.165) is 18.5 Å². The number of carbonyl (C=O) groups is 1. The molecule has 2 N–H and O–H groups in total. The lowest BCUT2D eigenvalue weighted by molar-refractivity contribution is -0.202. The molecule has 0 aromatic rings. The summed E-state index contributed by atoms with van der Waals surface area (Å²) >= 11 is 0. The van der Waals surface area contributed by atoms with Crippen LogP contribution < -0.4 is 5.32 Å². The molecule has 2 atom stereocenters. The average Bonchev–Trinajstić information content (AvgIpc) is 2.39. The lowest BCUT2D eigenvalue weighted by Gasteiger charge is -2.49. The number of aliphatic hydroxyl groups is 1. The standard InChI is InChI=1S/C14H19NO4/c1-18-14(19-2)7-6-13(17)8-11(14)15-9-4-3-5-10(16)12(9)13/h6-7,11,15,17H,3-5,8H2,1-2H3/t11-,13+/m0/s1. The Morgan fingerprint density at radius 1 is 1.32 bits per heavy atom. The van der Waals surface area contributed by atoms with Crippen molar-refractivity contribution in [3.05, 3.63) is 23.4 Å². The predicted molar refractivity (Wildman–Crippen MR) is 68.3 cm³/mol. The molecule has 0 aromatic heterocycles. The molecular formula is C14H19NO4. The summed E-state index contributed by atoms with van der Waals surface area (Å²) in [6.45, 7) is 0. The van der Waals surface area contributed by atoms with Gasteiger partial charge in [-0.25, -0.2) is 0 Å². The molecule has 3 aliphatic rings. The van der Waals surface area contributed by atoms with E-state index in [1.54, 1.807) is 26.4 Å². The molecule has 0 fully saturated rings. The largest absolute Gasteiger partial charge is 0.381 e. The summed E-state index contributed by atoms with van der Waals surface area (Å²) in [6.07, 6.45) is 5.87. The lowest BCUT2D eigenvalue weighted by Crippen LogP contribution is -2.62. The molecule has 0 unspecified atom stereocenters. The molecule has 1 aliphatic heterocycles. The summed E-state index contributed by atoms with van der Waals surface area (Å²) in [4.78, 5) is 12.1. The first-order valence-corrected chi connectivity index (χ1v) is 6.61. The lowest BCUT2D eigenvalue weighted by atomic mass is 9.71. The smallest absolute Gasteiger partial charge is 0.208 e. The molecule has 2 aliphatic carbocycles. The van der Waals surface area contributed by atoms with Crippen LogP contribution in [-0.2, 0) is 14.3 Å². The third-order valence-corrected chi connectivity index (χ3v) is 4.42. The van der Waals surface area contributed by atoms with Gasteiger partial charge in [-0.2, -0.15) is 0 Å². The maximum atomic E-state index is 12.1. The Kier molecular flexibility index (Phi) is 2.81. The Bertz CT molecular complexity index is 478. The van der Waals surface area contributed by atoms with E-state index in [1.165, 1.54) is 0 Å². The van der Waals surface area contributed by atoms with Gasteiger partial charge in [0.25, 0.3) is 0 Å². The van der Waals surface area contributed by atoms with Gasteiger partial charge in [-0.1, -0.05) is 0 Å². The summed E-state index contributed by atoms with van der Waals surface area (Å²) in [5, 5.41) is 14.1. The second kappa shape index (κ2) is 4.16. The fraction of sp³-hybridized carbons (Fsp3) is 0.643. The minimum Gasteiger partial charge on any atom is -0.381 e. The second-order valence-corrected chi connectivity index (χ2v) is 5.42. The molecular weight excluding hydrogens is 246 g/mol. The molecule has 0 saturated carbocycles. The highest BCUT2D eigenvalue weighted by Crippen LogP contribution is 2.43. The topological polar surface area (TPSA) is 67.8 Å². The van der Waals surface area contributed by atoms with Crippen molar-refractivity contribution in [2.24, 2.45) is 0 Å². The number of Topliss-reactive ketones (excluding diaryl/α,β-unsaturated/α-hetero) is 1. The van der Waals surface area contributed by atoms with E-state index >= 15 is 0 Å². The van der Waals surface area contributed by atoms with Crippen LogP contribution in [0.4, 0.5) is 0 Å². The molecule has 3 rings (SSSR count). The maximum absolute atomic E-state index is 12.1. The SMILES string of the molecule is COC1(OC)C=C[C@@]2(O)C[C@@H]1NC1=C2C(=O)CCC1. The zero-order valence-corrected chi connectivity index (χ0v) is 11.2. The highest BCUT2D eigenvalue weighted by molar-refractivity contribution is 5.99.